The van der Waals surface area contributed by atoms with Gasteiger partial charge < -0.3 is 5.32 Å². The number of thiol groups is 1. The van der Waals surface area contributed by atoms with Crippen LogP contribution >= 0.6 is 25.0 Å². The molecule has 0 radical (unpaired) electrons. The Kier molecular flexibility index (Phi) is 7.36. The highest BCUT2D eigenvalue weighted by Crippen LogP contribution is 2.27. The van der Waals surface area contributed by atoms with Gasteiger partial charge in [-0.2, -0.15) is 0 Å². The number of rotatable bonds is 4. The molecule has 31 heavy (non-hydrogen) atoms. The van der Waals surface area contributed by atoms with E-state index < -0.39 is 11.9 Å². The molecule has 0 aliphatic carbocycles. The molecule has 3 N–H and O–H groups in total. The van der Waals surface area contributed by atoms with Crippen molar-refractivity contribution in [2.24, 2.45) is 0 Å². The molecule has 7 nitrogen and oxygen atoms in total. The largest absolute Gasteiger partial charge is 0.338 e. The summed E-state index contributed by atoms with van der Waals surface area (Å²) in [4.78, 5) is 37.0. The minimum Gasteiger partial charge on any atom is -0.331 e. The Morgan fingerprint density at radius 3 is 1.77 bits per heavy atom. The van der Waals surface area contributed by atoms with Crippen molar-refractivity contribution in [1.29, 1.82) is 0 Å². The summed E-state index contributed by atoms with van der Waals surface area (Å²) in [7, 11) is 0. The smallest absolute Gasteiger partial charge is 0.331 e. The van der Waals surface area contributed by atoms with Gasteiger partial charge in [-0.25, -0.2) is 9.10 Å². The second kappa shape index (κ2) is 10.4. The number of thiocarbonyl (C=S) groups is 1. The Balaban J connectivity index is 1.67. The van der Waals surface area contributed by atoms with Gasteiger partial charge in [0.05, 0.1) is 11.4 Å². The van der Waals surface area contributed by atoms with Crippen LogP contribution in [0, 0.1) is 0 Å². The van der Waals surface area contributed by atoms with Crippen molar-refractivity contribution in [1.82, 2.24) is 10.6 Å². The first kappa shape index (κ1) is 22.0. The summed E-state index contributed by atoms with van der Waals surface area (Å²) in [6.07, 6.45) is 0. The second-order valence-electron chi connectivity index (χ2n) is 6.23. The number of nitrogens with one attached hydrogen (secondary N) is 3. The van der Waals surface area contributed by atoms with E-state index in [0.29, 0.717) is 22.5 Å². The minimum atomic E-state index is -0.745. The first-order chi connectivity index (χ1) is 15.0. The number of carbonyl (C=O) groups excluding carboxylic acids is 3. The molecule has 3 rings (SSSR count). The lowest BCUT2D eigenvalue weighted by Crippen LogP contribution is -2.39. The van der Waals surface area contributed by atoms with Gasteiger partial charge in [-0.15, -0.1) is 0 Å². The number of carbonyl (C=O) groups is 3. The molecule has 0 fully saturated rings. The van der Waals surface area contributed by atoms with Crippen molar-refractivity contribution in [3.63, 3.8) is 0 Å². The highest BCUT2D eigenvalue weighted by atomic mass is 32.1. The molecule has 0 saturated heterocycles. The Morgan fingerprint density at radius 2 is 1.19 bits per heavy atom. The zero-order valence-corrected chi connectivity index (χ0v) is 17.8. The number of benzene rings is 3. The fourth-order valence-electron chi connectivity index (χ4n) is 2.60. The Labute approximate surface area is 190 Å². The lowest BCUT2D eigenvalue weighted by atomic mass is 10.2. The molecular weight excluding hydrogens is 432 g/mol. The molecule has 0 aliphatic rings. The van der Waals surface area contributed by atoms with E-state index in [1.54, 1.807) is 84.9 Å². The van der Waals surface area contributed by atoms with Gasteiger partial charge in [0.1, 0.15) is 0 Å². The average Bonchev–Trinajstić information content (AvgIpc) is 2.80. The van der Waals surface area contributed by atoms with Gasteiger partial charge in [-0.05, 0) is 48.6 Å². The SMILES string of the molecule is O=C(NC(=O)N(S)c1ccccc1NC(=S)NC(=O)c1ccccc1)c1ccccc1. The molecule has 4 amide bonds. The van der Waals surface area contributed by atoms with Crippen molar-refractivity contribution >= 4 is 59.4 Å². The first-order valence-electron chi connectivity index (χ1n) is 9.11. The van der Waals surface area contributed by atoms with Crippen LogP contribution in [0.15, 0.2) is 84.9 Å². The van der Waals surface area contributed by atoms with E-state index in [-0.39, 0.29) is 11.0 Å². The minimum absolute atomic E-state index is 0.0452. The zero-order valence-electron chi connectivity index (χ0n) is 16.1. The summed E-state index contributed by atoms with van der Waals surface area (Å²) in [5.74, 6) is -0.926. The van der Waals surface area contributed by atoms with Gasteiger partial charge in [0.25, 0.3) is 11.8 Å². The summed E-state index contributed by atoms with van der Waals surface area (Å²) < 4.78 is 0.977. The van der Waals surface area contributed by atoms with Crippen LogP contribution in [0.4, 0.5) is 16.2 Å². The summed E-state index contributed by atoms with van der Waals surface area (Å²) in [6.45, 7) is 0. The van der Waals surface area contributed by atoms with Gasteiger partial charge in [0.15, 0.2) is 5.11 Å². The molecule has 0 bridgehead atoms. The van der Waals surface area contributed by atoms with Crippen LogP contribution in [0.5, 0.6) is 0 Å². The van der Waals surface area contributed by atoms with E-state index in [4.69, 9.17) is 12.2 Å². The van der Waals surface area contributed by atoms with E-state index in [1.165, 1.54) is 0 Å². The third kappa shape index (κ3) is 5.91. The number of hydrogen-bond acceptors (Lipinski definition) is 5. The zero-order chi connectivity index (χ0) is 22.2. The van der Waals surface area contributed by atoms with Crippen LogP contribution < -0.4 is 20.3 Å². The molecule has 9 heteroatoms. The van der Waals surface area contributed by atoms with E-state index >= 15 is 0 Å². The molecule has 0 aromatic heterocycles. The maximum Gasteiger partial charge on any atom is 0.338 e. The topological polar surface area (TPSA) is 90.5 Å². The number of urea groups is 1. The van der Waals surface area contributed by atoms with E-state index in [0.717, 1.165) is 4.31 Å². The average molecular weight is 451 g/mol. The number of imide groups is 1. The number of amides is 4. The van der Waals surface area contributed by atoms with Crippen molar-refractivity contribution < 1.29 is 14.4 Å². The van der Waals surface area contributed by atoms with Gasteiger partial charge in [0.2, 0.25) is 0 Å². The predicted octanol–water partition coefficient (Wildman–Crippen LogP) is 4.01. The van der Waals surface area contributed by atoms with Gasteiger partial charge in [0, 0.05) is 11.1 Å². The number of hydrogen-bond donors (Lipinski definition) is 4. The molecule has 0 atom stereocenters. The normalized spacial score (nSPS) is 9.97. The van der Waals surface area contributed by atoms with Crippen molar-refractivity contribution in [2.45, 2.75) is 0 Å². The molecule has 0 saturated carbocycles. The quantitative estimate of drug-likeness (QED) is 0.356. The van der Waals surface area contributed by atoms with E-state index in [9.17, 15) is 14.4 Å². The summed E-state index contributed by atoms with van der Waals surface area (Å²) in [5.41, 5.74) is 1.54. The van der Waals surface area contributed by atoms with E-state index in [1.807, 2.05) is 0 Å². The van der Waals surface area contributed by atoms with Crippen LogP contribution in [-0.2, 0) is 0 Å². The number of nitrogens with zero attached hydrogens (tertiary/aromatic N) is 1. The third-order valence-electron chi connectivity index (χ3n) is 4.09. The molecule has 0 unspecified atom stereocenters. The fraction of sp³-hybridized carbons (Fsp3) is 0. The summed E-state index contributed by atoms with van der Waals surface area (Å²) in [5, 5.41) is 7.77. The molecule has 0 aliphatic heterocycles. The van der Waals surface area contributed by atoms with E-state index in [2.05, 4.69) is 28.8 Å². The third-order valence-corrected chi connectivity index (χ3v) is 4.69. The lowest BCUT2D eigenvalue weighted by Gasteiger charge is -2.20. The van der Waals surface area contributed by atoms with Crippen LogP contribution in [0.1, 0.15) is 20.7 Å². The lowest BCUT2D eigenvalue weighted by molar-refractivity contribution is 0.0961. The fourth-order valence-corrected chi connectivity index (χ4v) is 3.03. The highest BCUT2D eigenvalue weighted by Gasteiger charge is 2.19. The molecule has 0 spiro atoms. The van der Waals surface area contributed by atoms with Crippen LogP contribution in [0.2, 0.25) is 0 Å². The van der Waals surface area contributed by atoms with Crippen molar-refractivity contribution in [3.8, 4) is 0 Å². The van der Waals surface area contributed by atoms with Gasteiger partial charge >= 0.3 is 6.03 Å². The highest BCUT2D eigenvalue weighted by molar-refractivity contribution is 7.82. The molecule has 156 valence electrons. The monoisotopic (exact) mass is 450 g/mol. The standard InChI is InChI=1S/C22H18N4O3S2/c27-19(15-9-3-1-4-10-15)24-21(30)23-17-13-7-8-14-18(17)26(31)22(29)25-20(28)16-11-5-2-6-12-16/h1-14,31H,(H,25,28,29)(H2,23,24,27,30). The molecule has 0 heterocycles. The second-order valence-corrected chi connectivity index (χ2v) is 7.04. The molecule has 3 aromatic rings. The number of anilines is 2. The Bertz CT molecular complexity index is 1110. The van der Waals surface area contributed by atoms with Crippen molar-refractivity contribution in [3.05, 3.63) is 96.1 Å². The predicted molar refractivity (Wildman–Crippen MR) is 127 cm³/mol. The molecule has 3 aromatic carbocycles. The molecular formula is C22H18N4O3S2. The van der Waals surface area contributed by atoms with Crippen molar-refractivity contribution in [2.75, 3.05) is 9.62 Å². The number of para-hydroxylation sites is 2. The van der Waals surface area contributed by atoms with Crippen LogP contribution in [0.25, 0.3) is 0 Å². The van der Waals surface area contributed by atoms with Gasteiger partial charge in [-0.3, -0.25) is 20.2 Å². The van der Waals surface area contributed by atoms with Crippen LogP contribution in [0.3, 0.4) is 0 Å². The summed E-state index contributed by atoms with van der Waals surface area (Å²) in [6, 6.07) is 22.9. The first-order valence-corrected chi connectivity index (χ1v) is 9.92. The Hall–Kier alpha value is -3.69. The maximum atomic E-state index is 12.5. The Morgan fingerprint density at radius 1 is 0.710 bits per heavy atom. The summed E-state index contributed by atoms with van der Waals surface area (Å²) >= 11 is 9.44. The maximum absolute atomic E-state index is 12.5. The van der Waals surface area contributed by atoms with Crippen LogP contribution in [-0.4, -0.2) is 23.0 Å². The van der Waals surface area contributed by atoms with Gasteiger partial charge in [-0.1, -0.05) is 61.3 Å².